The number of hydrogen-bond acceptors (Lipinski definition) is 4. The van der Waals surface area contributed by atoms with Crippen LogP contribution in [0.2, 0.25) is 0 Å². The van der Waals surface area contributed by atoms with E-state index in [1.807, 2.05) is 64.0 Å². The first-order chi connectivity index (χ1) is 12.1. The first-order valence-electron chi connectivity index (χ1n) is 8.61. The molecule has 0 atom stereocenters. The van der Waals surface area contributed by atoms with Gasteiger partial charge in [-0.05, 0) is 62.2 Å². The molecule has 0 bridgehead atoms. The van der Waals surface area contributed by atoms with Crippen LogP contribution in [-0.2, 0) is 16.6 Å². The van der Waals surface area contributed by atoms with Crippen LogP contribution < -0.4 is 9.64 Å². The number of hydrogen-bond donors (Lipinski definition) is 0. The SMILES string of the molecule is Cc1cc(S(=O)(=O)N(C)Cc2ccc(N(C)C)cc2)ccc1OC(C)C. The minimum absolute atomic E-state index is 0.0453. The lowest BCUT2D eigenvalue weighted by molar-refractivity contribution is 0.240. The Morgan fingerprint density at radius 2 is 1.62 bits per heavy atom. The summed E-state index contributed by atoms with van der Waals surface area (Å²) in [6.07, 6.45) is 0.0453. The standard InChI is InChI=1S/C20H28N2O3S/c1-15(2)25-20-12-11-19(13-16(20)3)26(23,24)22(6)14-17-7-9-18(10-8-17)21(4)5/h7-13,15H,14H2,1-6H3. The van der Waals surface area contributed by atoms with E-state index in [1.165, 1.54) is 4.31 Å². The van der Waals surface area contributed by atoms with Gasteiger partial charge in [-0.3, -0.25) is 0 Å². The number of aryl methyl sites for hydroxylation is 1. The minimum atomic E-state index is -3.56. The van der Waals surface area contributed by atoms with E-state index in [9.17, 15) is 8.42 Å². The van der Waals surface area contributed by atoms with Gasteiger partial charge in [0.1, 0.15) is 5.75 Å². The summed E-state index contributed by atoms with van der Waals surface area (Å²) < 4.78 is 32.8. The third-order valence-corrected chi connectivity index (χ3v) is 5.87. The largest absolute Gasteiger partial charge is 0.491 e. The maximum atomic E-state index is 12.9. The first-order valence-corrected chi connectivity index (χ1v) is 10.0. The smallest absolute Gasteiger partial charge is 0.243 e. The van der Waals surface area contributed by atoms with Crippen molar-refractivity contribution in [3.8, 4) is 5.75 Å². The molecule has 0 aromatic heterocycles. The molecule has 0 fully saturated rings. The van der Waals surface area contributed by atoms with E-state index in [4.69, 9.17) is 4.74 Å². The van der Waals surface area contributed by atoms with Gasteiger partial charge in [0, 0.05) is 33.4 Å². The van der Waals surface area contributed by atoms with E-state index in [0.29, 0.717) is 12.3 Å². The van der Waals surface area contributed by atoms with Crippen molar-refractivity contribution in [1.82, 2.24) is 4.31 Å². The Balaban J connectivity index is 2.19. The topological polar surface area (TPSA) is 49.9 Å². The Bertz CT molecular complexity index is 844. The zero-order valence-corrected chi connectivity index (χ0v) is 17.2. The molecule has 2 aromatic carbocycles. The Labute approximate surface area is 157 Å². The van der Waals surface area contributed by atoms with Crippen LogP contribution in [0.3, 0.4) is 0 Å². The number of sulfonamides is 1. The average molecular weight is 377 g/mol. The molecule has 0 N–H and O–H groups in total. The average Bonchev–Trinajstić information content (AvgIpc) is 2.56. The lowest BCUT2D eigenvalue weighted by Crippen LogP contribution is -2.26. The summed E-state index contributed by atoms with van der Waals surface area (Å²) in [5.74, 6) is 0.709. The Morgan fingerprint density at radius 1 is 1.00 bits per heavy atom. The lowest BCUT2D eigenvalue weighted by Gasteiger charge is -2.19. The van der Waals surface area contributed by atoms with E-state index in [-0.39, 0.29) is 11.0 Å². The quantitative estimate of drug-likeness (QED) is 0.740. The summed E-state index contributed by atoms with van der Waals surface area (Å²) in [7, 11) is 1.98. The molecule has 2 aromatic rings. The van der Waals surface area contributed by atoms with Crippen molar-refractivity contribution in [2.75, 3.05) is 26.0 Å². The lowest BCUT2D eigenvalue weighted by atomic mass is 10.2. The number of ether oxygens (including phenoxy) is 1. The fourth-order valence-electron chi connectivity index (χ4n) is 2.59. The van der Waals surface area contributed by atoms with Crippen LogP contribution in [0.1, 0.15) is 25.0 Å². The third-order valence-electron chi connectivity index (χ3n) is 4.08. The second kappa shape index (κ2) is 8.10. The van der Waals surface area contributed by atoms with Crippen LogP contribution in [-0.4, -0.2) is 40.0 Å². The Kier molecular flexibility index (Phi) is 6.31. The van der Waals surface area contributed by atoms with Crippen molar-refractivity contribution in [1.29, 1.82) is 0 Å². The van der Waals surface area contributed by atoms with Gasteiger partial charge in [0.2, 0.25) is 10.0 Å². The highest BCUT2D eigenvalue weighted by atomic mass is 32.2. The minimum Gasteiger partial charge on any atom is -0.491 e. The van der Waals surface area contributed by atoms with Crippen molar-refractivity contribution >= 4 is 15.7 Å². The predicted molar refractivity (Wildman–Crippen MR) is 106 cm³/mol. The zero-order valence-electron chi connectivity index (χ0n) is 16.4. The molecule has 0 saturated heterocycles. The molecular weight excluding hydrogens is 348 g/mol. The van der Waals surface area contributed by atoms with Gasteiger partial charge < -0.3 is 9.64 Å². The van der Waals surface area contributed by atoms with E-state index in [2.05, 4.69) is 0 Å². The van der Waals surface area contributed by atoms with Crippen molar-refractivity contribution < 1.29 is 13.2 Å². The van der Waals surface area contributed by atoms with Crippen molar-refractivity contribution in [2.45, 2.75) is 38.3 Å². The summed E-state index contributed by atoms with van der Waals surface area (Å²) in [6, 6.07) is 12.9. The fourth-order valence-corrected chi connectivity index (χ4v) is 3.83. The molecular formula is C20H28N2O3S. The maximum absolute atomic E-state index is 12.9. The molecule has 0 unspecified atom stereocenters. The molecule has 0 aliphatic heterocycles. The van der Waals surface area contributed by atoms with Crippen LogP contribution in [0.4, 0.5) is 5.69 Å². The second-order valence-corrected chi connectivity index (χ2v) is 8.96. The summed E-state index contributed by atoms with van der Waals surface area (Å²) in [5.41, 5.74) is 2.83. The van der Waals surface area contributed by atoms with Gasteiger partial charge in [0.15, 0.2) is 0 Å². The molecule has 0 amide bonds. The van der Waals surface area contributed by atoms with Crippen LogP contribution in [0.15, 0.2) is 47.4 Å². The second-order valence-electron chi connectivity index (χ2n) is 6.92. The normalized spacial score (nSPS) is 11.8. The molecule has 0 heterocycles. The summed E-state index contributed by atoms with van der Waals surface area (Å²) in [4.78, 5) is 2.28. The van der Waals surface area contributed by atoms with Gasteiger partial charge >= 0.3 is 0 Å². The van der Waals surface area contributed by atoms with E-state index < -0.39 is 10.0 Å². The van der Waals surface area contributed by atoms with Crippen molar-refractivity contribution in [3.05, 3.63) is 53.6 Å². The first kappa shape index (κ1) is 20.3. The number of benzene rings is 2. The highest BCUT2D eigenvalue weighted by Crippen LogP contribution is 2.25. The van der Waals surface area contributed by atoms with Crippen LogP contribution >= 0.6 is 0 Å². The number of nitrogens with zero attached hydrogens (tertiary/aromatic N) is 2. The van der Waals surface area contributed by atoms with Gasteiger partial charge in [0.05, 0.1) is 11.0 Å². The molecule has 2 rings (SSSR count). The van der Waals surface area contributed by atoms with Crippen LogP contribution in [0.25, 0.3) is 0 Å². The van der Waals surface area contributed by atoms with E-state index >= 15 is 0 Å². The molecule has 26 heavy (non-hydrogen) atoms. The predicted octanol–water partition coefficient (Wildman–Crippen LogP) is 3.67. The maximum Gasteiger partial charge on any atom is 0.243 e. The fraction of sp³-hybridized carbons (Fsp3) is 0.400. The van der Waals surface area contributed by atoms with Crippen molar-refractivity contribution in [2.24, 2.45) is 0 Å². The van der Waals surface area contributed by atoms with Crippen LogP contribution in [0.5, 0.6) is 5.75 Å². The molecule has 0 aliphatic carbocycles. The number of anilines is 1. The van der Waals surface area contributed by atoms with Crippen LogP contribution in [0, 0.1) is 6.92 Å². The molecule has 0 spiro atoms. The zero-order chi connectivity index (χ0) is 19.5. The Morgan fingerprint density at radius 3 is 2.12 bits per heavy atom. The van der Waals surface area contributed by atoms with Gasteiger partial charge in [0.25, 0.3) is 0 Å². The molecule has 5 nitrogen and oxygen atoms in total. The molecule has 142 valence electrons. The van der Waals surface area contributed by atoms with Gasteiger partial charge in [-0.1, -0.05) is 12.1 Å². The summed E-state index contributed by atoms with van der Waals surface area (Å²) in [5, 5.41) is 0. The van der Waals surface area contributed by atoms with Crippen molar-refractivity contribution in [3.63, 3.8) is 0 Å². The number of rotatable bonds is 7. The van der Waals surface area contributed by atoms with Gasteiger partial charge in [-0.15, -0.1) is 0 Å². The summed E-state index contributed by atoms with van der Waals surface area (Å²) >= 11 is 0. The molecule has 0 aliphatic rings. The Hall–Kier alpha value is -2.05. The highest BCUT2D eigenvalue weighted by molar-refractivity contribution is 7.89. The van der Waals surface area contributed by atoms with E-state index in [1.54, 1.807) is 25.2 Å². The summed E-state index contributed by atoms with van der Waals surface area (Å²) in [6.45, 7) is 6.06. The van der Waals surface area contributed by atoms with Gasteiger partial charge in [-0.25, -0.2) is 8.42 Å². The van der Waals surface area contributed by atoms with E-state index in [0.717, 1.165) is 16.8 Å². The molecule has 6 heteroatoms. The molecule has 0 saturated carbocycles. The monoisotopic (exact) mass is 376 g/mol. The third kappa shape index (κ3) is 4.77. The highest BCUT2D eigenvalue weighted by Gasteiger charge is 2.22. The molecule has 0 radical (unpaired) electrons. The van der Waals surface area contributed by atoms with Gasteiger partial charge in [-0.2, -0.15) is 4.31 Å².